The minimum atomic E-state index is -1.98. The van der Waals surface area contributed by atoms with Gasteiger partial charge in [-0.25, -0.2) is 0 Å². The van der Waals surface area contributed by atoms with Crippen LogP contribution in [0.1, 0.15) is 97.8 Å². The maximum atomic E-state index is 11.0. The Morgan fingerprint density at radius 3 is 2.36 bits per heavy atom. The number of carboxylic acids is 1. The Balaban J connectivity index is 2.02. The summed E-state index contributed by atoms with van der Waals surface area (Å²) in [5, 5.41) is 30.5. The van der Waals surface area contributed by atoms with Gasteiger partial charge in [0, 0.05) is 12.3 Å². The monoisotopic (exact) mass is 482 g/mol. The Morgan fingerprint density at radius 1 is 1.12 bits per heavy atom. The molecule has 2 aliphatic carbocycles. The maximum Gasteiger partial charge on any atom is 0.303 e. The molecule has 5 atom stereocenters. The van der Waals surface area contributed by atoms with Gasteiger partial charge in [-0.2, -0.15) is 0 Å². The lowest BCUT2D eigenvalue weighted by molar-refractivity contribution is -0.137. The van der Waals surface area contributed by atoms with E-state index in [0.29, 0.717) is 12.3 Å². The second-order valence-electron chi connectivity index (χ2n) is 12.1. The van der Waals surface area contributed by atoms with Crippen molar-refractivity contribution >= 4 is 14.3 Å². The van der Waals surface area contributed by atoms with Crippen LogP contribution in [-0.4, -0.2) is 47.9 Å². The third-order valence-corrected chi connectivity index (χ3v) is 12.9. The fraction of sp³-hybridized carbons (Fsp3) is 0.889. The zero-order chi connectivity index (χ0) is 24.6. The molecule has 0 bridgehead atoms. The second kappa shape index (κ2) is 12.8. The van der Waals surface area contributed by atoms with E-state index < -0.39 is 20.4 Å². The third kappa shape index (κ3) is 9.12. The third-order valence-electron chi connectivity index (χ3n) is 8.43. The van der Waals surface area contributed by atoms with Crippen molar-refractivity contribution in [2.24, 2.45) is 17.8 Å². The number of carbonyl (C=O) groups is 1. The second-order valence-corrected chi connectivity index (χ2v) is 16.9. The first-order valence-electron chi connectivity index (χ1n) is 13.3. The lowest BCUT2D eigenvalue weighted by atomic mass is 9.87. The Labute approximate surface area is 203 Å². The lowest BCUT2D eigenvalue weighted by Crippen LogP contribution is -2.45. The molecule has 192 valence electrons. The van der Waals surface area contributed by atoms with Gasteiger partial charge in [-0.15, -0.1) is 0 Å². The number of hydrogen-bond acceptors (Lipinski definition) is 4. The highest BCUT2D eigenvalue weighted by atomic mass is 28.4. The number of carboxylic acid groups (broad SMARTS) is 1. The van der Waals surface area contributed by atoms with Crippen LogP contribution in [0.5, 0.6) is 0 Å². The molecule has 0 radical (unpaired) electrons. The standard InChI is InChI=1S/C27H50O5Si/c1-27(2,3)33(4,5)32-25-19-24(29)22(14-8-6-7-9-15-26(30)31)23(25)17-16-21(28)18-20-12-10-11-13-20/h16-17,20-25,28-29H,6-15,18-19H2,1-5H3,(H,30,31)/t21?,22-,23-,24+,25-/m1/s1. The topological polar surface area (TPSA) is 87.0 Å². The summed E-state index contributed by atoms with van der Waals surface area (Å²) in [7, 11) is -1.98. The molecule has 3 N–H and O–H groups in total. The molecule has 1 unspecified atom stereocenters. The fourth-order valence-corrected chi connectivity index (χ4v) is 6.73. The van der Waals surface area contributed by atoms with E-state index in [9.17, 15) is 15.0 Å². The van der Waals surface area contributed by atoms with Gasteiger partial charge in [0.2, 0.25) is 0 Å². The van der Waals surface area contributed by atoms with E-state index in [1.54, 1.807) is 0 Å². The highest BCUT2D eigenvalue weighted by molar-refractivity contribution is 6.74. The van der Waals surface area contributed by atoms with E-state index in [2.05, 4.69) is 39.9 Å². The minimum Gasteiger partial charge on any atom is -0.481 e. The predicted molar refractivity (Wildman–Crippen MR) is 137 cm³/mol. The van der Waals surface area contributed by atoms with E-state index >= 15 is 0 Å². The van der Waals surface area contributed by atoms with Crippen molar-refractivity contribution in [3.8, 4) is 0 Å². The summed E-state index contributed by atoms with van der Waals surface area (Å²) >= 11 is 0. The van der Waals surface area contributed by atoms with Gasteiger partial charge in [0.25, 0.3) is 0 Å². The molecule has 2 rings (SSSR count). The van der Waals surface area contributed by atoms with Gasteiger partial charge < -0.3 is 19.7 Å². The van der Waals surface area contributed by atoms with Crippen LogP contribution in [0.15, 0.2) is 12.2 Å². The van der Waals surface area contributed by atoms with Crippen LogP contribution in [0, 0.1) is 17.8 Å². The smallest absolute Gasteiger partial charge is 0.303 e. The molecule has 2 aliphatic rings. The summed E-state index contributed by atoms with van der Waals surface area (Å²) in [5.41, 5.74) is 0. The van der Waals surface area contributed by atoms with Crippen LogP contribution in [0.2, 0.25) is 18.1 Å². The zero-order valence-corrected chi connectivity index (χ0v) is 22.8. The molecule has 5 nitrogen and oxygen atoms in total. The molecule has 0 amide bonds. The predicted octanol–water partition coefficient (Wildman–Crippen LogP) is 6.30. The number of aliphatic carboxylic acids is 1. The van der Waals surface area contributed by atoms with Gasteiger partial charge in [-0.3, -0.25) is 4.79 Å². The van der Waals surface area contributed by atoms with Crippen molar-refractivity contribution in [3.05, 3.63) is 12.2 Å². The van der Waals surface area contributed by atoms with Crippen LogP contribution >= 0.6 is 0 Å². The first kappa shape index (κ1) is 28.5. The summed E-state index contributed by atoms with van der Waals surface area (Å²) in [6, 6.07) is 0. The van der Waals surface area contributed by atoms with E-state index in [1.165, 1.54) is 25.7 Å². The Morgan fingerprint density at radius 2 is 1.76 bits per heavy atom. The van der Waals surface area contributed by atoms with Crippen LogP contribution in [0.3, 0.4) is 0 Å². The highest BCUT2D eigenvalue weighted by Gasteiger charge is 2.46. The summed E-state index contributed by atoms with van der Waals surface area (Å²) in [4.78, 5) is 10.7. The van der Waals surface area contributed by atoms with Gasteiger partial charge in [0.15, 0.2) is 8.32 Å². The van der Waals surface area contributed by atoms with E-state index in [-0.39, 0.29) is 35.5 Å². The molecule has 0 aliphatic heterocycles. The lowest BCUT2D eigenvalue weighted by Gasteiger charge is -2.40. The van der Waals surface area contributed by atoms with Crippen molar-refractivity contribution in [3.63, 3.8) is 0 Å². The minimum absolute atomic E-state index is 0.00664. The van der Waals surface area contributed by atoms with Gasteiger partial charge in [0.1, 0.15) is 0 Å². The average Bonchev–Trinajstić information content (AvgIpc) is 3.29. The molecular weight excluding hydrogens is 432 g/mol. The van der Waals surface area contributed by atoms with Crippen LogP contribution in [-0.2, 0) is 9.22 Å². The largest absolute Gasteiger partial charge is 0.481 e. The highest BCUT2D eigenvalue weighted by Crippen LogP contribution is 2.44. The normalized spacial score (nSPS) is 28.1. The Hall–Kier alpha value is -0.693. The molecule has 0 aromatic rings. The van der Waals surface area contributed by atoms with Crippen LogP contribution in [0.4, 0.5) is 0 Å². The molecule has 0 aromatic carbocycles. The van der Waals surface area contributed by atoms with Crippen molar-refractivity contribution in [2.75, 3.05) is 0 Å². The van der Waals surface area contributed by atoms with Gasteiger partial charge in [-0.05, 0) is 55.7 Å². The average molecular weight is 483 g/mol. The van der Waals surface area contributed by atoms with Gasteiger partial charge in [-0.1, -0.05) is 77.9 Å². The Kier molecular flexibility index (Phi) is 11.1. The summed E-state index contributed by atoms with van der Waals surface area (Å²) in [6.07, 6.45) is 14.6. The van der Waals surface area contributed by atoms with Crippen molar-refractivity contribution < 1.29 is 24.5 Å². The Bertz CT molecular complexity index is 620. The molecule has 0 heterocycles. The molecule has 2 saturated carbocycles. The molecule has 0 saturated heterocycles. The van der Waals surface area contributed by atoms with Gasteiger partial charge >= 0.3 is 5.97 Å². The molecule has 0 aromatic heterocycles. The van der Waals surface area contributed by atoms with Crippen LogP contribution in [0.25, 0.3) is 0 Å². The SMILES string of the molecule is CC(C)(C)[Si](C)(C)O[C@@H]1C[C@H](O)[C@H](CCCCCCC(=O)O)[C@H]1C=CC(O)CC1CCCC1. The summed E-state index contributed by atoms with van der Waals surface area (Å²) < 4.78 is 6.79. The molecule has 6 heteroatoms. The van der Waals surface area contributed by atoms with E-state index in [1.807, 2.05) is 6.08 Å². The summed E-state index contributed by atoms with van der Waals surface area (Å²) in [5.74, 6) is 0.161. The molecule has 2 fully saturated rings. The number of aliphatic hydroxyl groups excluding tert-OH is 2. The molecule has 33 heavy (non-hydrogen) atoms. The maximum absolute atomic E-state index is 11.0. The van der Waals surface area contributed by atoms with E-state index in [0.717, 1.165) is 38.5 Å². The van der Waals surface area contributed by atoms with E-state index in [4.69, 9.17) is 9.53 Å². The first-order chi connectivity index (χ1) is 15.4. The van der Waals surface area contributed by atoms with Crippen molar-refractivity contribution in [1.29, 1.82) is 0 Å². The molecular formula is C27H50O5Si. The summed E-state index contributed by atoms with van der Waals surface area (Å²) in [6.45, 7) is 11.3. The molecule has 0 spiro atoms. The number of unbranched alkanes of at least 4 members (excludes halogenated alkanes) is 3. The number of rotatable bonds is 13. The number of aliphatic hydroxyl groups is 2. The quantitative estimate of drug-likeness (QED) is 0.163. The van der Waals surface area contributed by atoms with Gasteiger partial charge in [0.05, 0.1) is 18.3 Å². The fourth-order valence-electron chi connectivity index (χ4n) is 5.37. The zero-order valence-electron chi connectivity index (χ0n) is 21.8. The van der Waals surface area contributed by atoms with Crippen molar-refractivity contribution in [2.45, 2.75) is 134 Å². The van der Waals surface area contributed by atoms with Crippen molar-refractivity contribution in [1.82, 2.24) is 0 Å². The first-order valence-corrected chi connectivity index (χ1v) is 16.3. The number of hydrogen-bond donors (Lipinski definition) is 3. The van der Waals surface area contributed by atoms with Crippen LogP contribution < -0.4 is 0 Å².